The lowest BCUT2D eigenvalue weighted by Crippen LogP contribution is -2.09. The van der Waals surface area contributed by atoms with Crippen LogP contribution in [-0.4, -0.2) is 0 Å². The molecule has 0 aromatic heterocycles. The maximum Gasteiger partial charge on any atom is 0.0462 e. The van der Waals surface area contributed by atoms with E-state index >= 15 is 0 Å². The average molecular weight is 871 g/mol. The molecule has 0 aliphatic heterocycles. The van der Waals surface area contributed by atoms with Crippen molar-refractivity contribution >= 4 is 58.4 Å². The van der Waals surface area contributed by atoms with Crippen molar-refractivity contribution in [3.63, 3.8) is 0 Å². The fourth-order valence-electron chi connectivity index (χ4n) is 9.59. The van der Waals surface area contributed by atoms with Crippen molar-refractivity contribution in [2.24, 2.45) is 0 Å². The van der Waals surface area contributed by atoms with E-state index in [-0.39, 0.29) is 0 Å². The van der Waals surface area contributed by atoms with Crippen molar-refractivity contribution in [2.45, 2.75) is 12.8 Å². The highest BCUT2D eigenvalue weighted by Gasteiger charge is 2.19. The smallest absolute Gasteiger partial charge is 0.0462 e. The van der Waals surface area contributed by atoms with E-state index in [1.165, 1.54) is 55.6 Å². The van der Waals surface area contributed by atoms with Crippen molar-refractivity contribution in [1.29, 1.82) is 0 Å². The third kappa shape index (κ3) is 9.09. The van der Waals surface area contributed by atoms with Crippen LogP contribution in [0.15, 0.2) is 255 Å². The molecule has 0 N–H and O–H groups in total. The van der Waals surface area contributed by atoms with E-state index in [1.807, 2.05) is 0 Å². The van der Waals surface area contributed by atoms with Crippen molar-refractivity contribution in [3.8, 4) is 22.3 Å². The number of benzene rings is 10. The minimum absolute atomic E-state index is 0.795. The molecule has 0 amide bonds. The molecular weight excluding hydrogens is 821 g/mol. The Labute approximate surface area is 400 Å². The lowest BCUT2D eigenvalue weighted by atomic mass is 9.83. The summed E-state index contributed by atoms with van der Waals surface area (Å²) in [6.45, 7) is 0. The maximum absolute atomic E-state index is 2.40. The van der Waals surface area contributed by atoms with Crippen LogP contribution in [0.4, 0.5) is 34.1 Å². The van der Waals surface area contributed by atoms with Crippen LogP contribution in [0.5, 0.6) is 0 Å². The van der Waals surface area contributed by atoms with Gasteiger partial charge in [0.2, 0.25) is 0 Å². The second-order valence-electron chi connectivity index (χ2n) is 17.4. The van der Waals surface area contributed by atoms with Crippen LogP contribution >= 0.6 is 0 Å². The highest BCUT2D eigenvalue weighted by Crippen LogP contribution is 2.40. The highest BCUT2D eigenvalue weighted by molar-refractivity contribution is 5.83. The number of hydrogen-bond donors (Lipinski definition) is 0. The van der Waals surface area contributed by atoms with Gasteiger partial charge in [0.15, 0.2) is 0 Å². The van der Waals surface area contributed by atoms with Gasteiger partial charge in [0, 0.05) is 34.1 Å². The number of anilines is 6. The Morgan fingerprint density at radius 3 is 0.853 bits per heavy atom. The van der Waals surface area contributed by atoms with Crippen molar-refractivity contribution in [3.05, 3.63) is 299 Å². The largest absolute Gasteiger partial charge is 0.311 e. The van der Waals surface area contributed by atoms with Crippen molar-refractivity contribution in [2.75, 3.05) is 9.80 Å². The zero-order valence-corrected chi connectivity index (χ0v) is 37.9. The van der Waals surface area contributed by atoms with Crippen molar-refractivity contribution < 1.29 is 0 Å². The zero-order valence-electron chi connectivity index (χ0n) is 37.9. The minimum Gasteiger partial charge on any atom is -0.311 e. The molecule has 10 aromatic rings. The van der Waals surface area contributed by atoms with Gasteiger partial charge in [-0.3, -0.25) is 0 Å². The van der Waals surface area contributed by atoms with Gasteiger partial charge in [-0.2, -0.15) is 0 Å². The predicted molar refractivity (Wildman–Crippen MR) is 289 cm³/mol. The normalized spacial score (nSPS) is 11.9. The van der Waals surface area contributed by atoms with Gasteiger partial charge in [-0.25, -0.2) is 0 Å². The molecule has 1 aliphatic rings. The third-order valence-electron chi connectivity index (χ3n) is 12.9. The molecule has 11 rings (SSSR count). The Kier molecular flexibility index (Phi) is 12.0. The summed E-state index contributed by atoms with van der Waals surface area (Å²) in [6.07, 6.45) is 10.6. The molecule has 2 nitrogen and oxygen atoms in total. The molecule has 2 heteroatoms. The van der Waals surface area contributed by atoms with E-state index in [0.29, 0.717) is 0 Å². The molecule has 1 aliphatic carbocycles. The lowest BCUT2D eigenvalue weighted by molar-refractivity contribution is 1.15. The van der Waals surface area contributed by atoms with E-state index in [2.05, 4.69) is 289 Å². The minimum atomic E-state index is 0.795. The number of rotatable bonds is 10. The van der Waals surface area contributed by atoms with E-state index < -0.39 is 0 Å². The Morgan fingerprint density at radius 1 is 0.221 bits per heavy atom. The van der Waals surface area contributed by atoms with Crippen LogP contribution in [-0.2, 0) is 12.8 Å². The SMILES string of the molecule is C(=C\c1ccc2c(c1)Cc1cc(/C=C/c3ccc(N(c4ccccc4)c4ccccc4)cc3)ccc1-c1ccccc1Cc1ccccc1-2)/c1ccc(N(c2ccccc2)c2ccccc2)cc1. The number of hydrogen-bond acceptors (Lipinski definition) is 2. The molecule has 0 heterocycles. The lowest BCUT2D eigenvalue weighted by Gasteiger charge is -2.25. The van der Waals surface area contributed by atoms with Gasteiger partial charge in [-0.05, 0) is 152 Å². The molecule has 0 unspecified atom stereocenters. The van der Waals surface area contributed by atoms with Gasteiger partial charge in [0.1, 0.15) is 0 Å². The monoisotopic (exact) mass is 870 g/mol. The second-order valence-corrected chi connectivity index (χ2v) is 17.4. The zero-order chi connectivity index (χ0) is 45.5. The molecule has 68 heavy (non-hydrogen) atoms. The van der Waals surface area contributed by atoms with Crippen LogP contribution in [0.2, 0.25) is 0 Å². The van der Waals surface area contributed by atoms with Gasteiger partial charge in [-0.15, -0.1) is 0 Å². The summed E-state index contributed by atoms with van der Waals surface area (Å²) in [5, 5.41) is 0. The Hall–Kier alpha value is -8.72. The summed E-state index contributed by atoms with van der Waals surface area (Å²) in [7, 11) is 0. The van der Waals surface area contributed by atoms with Crippen molar-refractivity contribution in [1.82, 2.24) is 0 Å². The molecular formula is C66H50N2. The molecule has 0 saturated heterocycles. The summed E-state index contributed by atoms with van der Waals surface area (Å²) in [6, 6.07) is 91.9. The van der Waals surface area contributed by atoms with Gasteiger partial charge < -0.3 is 9.80 Å². The Bertz CT molecular complexity index is 3050. The first kappa shape index (κ1) is 41.9. The van der Waals surface area contributed by atoms with Gasteiger partial charge in [-0.1, -0.05) is 206 Å². The third-order valence-corrected chi connectivity index (χ3v) is 12.9. The van der Waals surface area contributed by atoms with E-state index in [1.54, 1.807) is 0 Å². The number of fused-ring (bicyclic) bond motifs is 6. The van der Waals surface area contributed by atoms with E-state index in [4.69, 9.17) is 0 Å². The van der Waals surface area contributed by atoms with Gasteiger partial charge in [0.25, 0.3) is 0 Å². The van der Waals surface area contributed by atoms with Gasteiger partial charge in [0.05, 0.1) is 0 Å². The molecule has 0 bridgehead atoms. The highest BCUT2D eigenvalue weighted by atomic mass is 15.1. The summed E-state index contributed by atoms with van der Waals surface area (Å²) in [5.41, 5.74) is 21.9. The van der Waals surface area contributed by atoms with Crippen LogP contribution in [0.3, 0.4) is 0 Å². The summed E-state index contributed by atoms with van der Waals surface area (Å²) < 4.78 is 0. The summed E-state index contributed by atoms with van der Waals surface area (Å²) in [5.74, 6) is 0. The predicted octanol–water partition coefficient (Wildman–Crippen LogP) is 17.8. The first-order valence-corrected chi connectivity index (χ1v) is 23.5. The molecule has 0 fully saturated rings. The molecule has 10 aromatic carbocycles. The quantitative estimate of drug-likeness (QED) is 0.126. The first-order valence-electron chi connectivity index (χ1n) is 23.5. The Balaban J connectivity index is 0.914. The Morgan fingerprint density at radius 2 is 0.485 bits per heavy atom. The molecule has 0 radical (unpaired) electrons. The van der Waals surface area contributed by atoms with Gasteiger partial charge >= 0.3 is 0 Å². The van der Waals surface area contributed by atoms with Crippen LogP contribution in [0.1, 0.15) is 44.5 Å². The molecule has 0 spiro atoms. The topological polar surface area (TPSA) is 6.48 Å². The fourth-order valence-corrected chi connectivity index (χ4v) is 9.59. The molecule has 324 valence electrons. The standard InChI is InChI=1S/C66H50N2/c1-5-19-57(20-6-1)67(58-21-7-2-8-22-58)61-39-33-49(34-40-61)29-31-51-37-43-65-55(45-51)48-56-46-52(38-44-66(56)64-28-16-14-18-54(64)47-53-17-13-15-27-63(53)65)32-30-50-35-41-62(42-36-50)68(59-23-9-3-10-24-59)60-25-11-4-12-26-60/h1-46H,47-48H2/b31-29+,32-30+. The number of nitrogens with zero attached hydrogens (tertiary/aromatic N) is 2. The van der Waals surface area contributed by atoms with Crippen LogP contribution < -0.4 is 9.80 Å². The molecule has 0 atom stereocenters. The van der Waals surface area contributed by atoms with E-state index in [9.17, 15) is 0 Å². The number of para-hydroxylation sites is 4. The van der Waals surface area contributed by atoms with Crippen LogP contribution in [0.25, 0.3) is 46.6 Å². The molecule has 0 saturated carbocycles. The van der Waals surface area contributed by atoms with E-state index in [0.717, 1.165) is 58.1 Å². The second kappa shape index (κ2) is 19.4. The average Bonchev–Trinajstić information content (AvgIpc) is 3.40. The maximum atomic E-state index is 2.40. The fraction of sp³-hybridized carbons (Fsp3) is 0.0303. The summed E-state index contributed by atoms with van der Waals surface area (Å²) >= 11 is 0. The van der Waals surface area contributed by atoms with Crippen LogP contribution in [0, 0.1) is 0 Å². The first-order chi connectivity index (χ1) is 33.7. The summed E-state index contributed by atoms with van der Waals surface area (Å²) in [4.78, 5) is 4.60.